The fraction of sp³-hybridized carbons (Fsp3) is 0.474. The van der Waals surface area contributed by atoms with Gasteiger partial charge in [-0.15, -0.1) is 0 Å². The summed E-state index contributed by atoms with van der Waals surface area (Å²) < 4.78 is 24.9. The SMILES string of the molecule is Cc1cc(C)nc(C2CN(CCCOc3ccccc3F)CCO2)n1. The molecule has 1 aromatic carbocycles. The van der Waals surface area contributed by atoms with Crippen molar-refractivity contribution in [3.63, 3.8) is 0 Å². The quantitative estimate of drug-likeness (QED) is 0.753. The highest BCUT2D eigenvalue weighted by Crippen LogP contribution is 2.20. The van der Waals surface area contributed by atoms with Crippen LogP contribution in [0.2, 0.25) is 0 Å². The third kappa shape index (κ3) is 4.96. The molecule has 5 nitrogen and oxygen atoms in total. The Kier molecular flexibility index (Phi) is 5.94. The highest BCUT2D eigenvalue weighted by Gasteiger charge is 2.24. The van der Waals surface area contributed by atoms with Gasteiger partial charge < -0.3 is 9.47 Å². The molecule has 6 heteroatoms. The average Bonchev–Trinajstić information content (AvgIpc) is 2.59. The molecule has 0 N–H and O–H groups in total. The third-order valence-electron chi connectivity index (χ3n) is 4.15. The number of aromatic nitrogens is 2. The van der Waals surface area contributed by atoms with Gasteiger partial charge in [-0.25, -0.2) is 14.4 Å². The fourth-order valence-corrected chi connectivity index (χ4v) is 2.99. The van der Waals surface area contributed by atoms with E-state index in [0.717, 1.165) is 43.3 Å². The molecule has 0 radical (unpaired) electrons. The minimum absolute atomic E-state index is 0.0974. The van der Waals surface area contributed by atoms with E-state index in [-0.39, 0.29) is 11.9 Å². The van der Waals surface area contributed by atoms with Crippen molar-refractivity contribution in [3.05, 3.63) is 53.4 Å². The lowest BCUT2D eigenvalue weighted by Gasteiger charge is -2.32. The second-order valence-electron chi connectivity index (χ2n) is 6.30. The van der Waals surface area contributed by atoms with Crippen molar-refractivity contribution in [1.29, 1.82) is 0 Å². The smallest absolute Gasteiger partial charge is 0.165 e. The Morgan fingerprint density at radius 1 is 1.24 bits per heavy atom. The average molecular weight is 345 g/mol. The van der Waals surface area contributed by atoms with Crippen molar-refractivity contribution in [2.75, 3.05) is 32.8 Å². The Hall–Kier alpha value is -2.05. The number of para-hydroxylation sites is 1. The highest BCUT2D eigenvalue weighted by molar-refractivity contribution is 5.23. The highest BCUT2D eigenvalue weighted by atomic mass is 19.1. The summed E-state index contributed by atoms with van der Waals surface area (Å²) in [7, 11) is 0. The molecule has 1 atom stereocenters. The van der Waals surface area contributed by atoms with E-state index in [2.05, 4.69) is 14.9 Å². The van der Waals surface area contributed by atoms with Crippen molar-refractivity contribution in [1.82, 2.24) is 14.9 Å². The fourth-order valence-electron chi connectivity index (χ4n) is 2.99. The van der Waals surface area contributed by atoms with Crippen molar-refractivity contribution in [3.8, 4) is 5.75 Å². The number of rotatable bonds is 6. The molecule has 0 aliphatic carbocycles. The standard InChI is InChI=1S/C19H24FN3O2/c1-14-12-15(2)22-19(21-14)18-13-23(9-11-25-18)8-5-10-24-17-7-4-3-6-16(17)20/h3-4,6-7,12,18H,5,8-11,13H2,1-2H3. The van der Waals surface area contributed by atoms with E-state index in [4.69, 9.17) is 9.47 Å². The molecule has 0 saturated carbocycles. The summed E-state index contributed by atoms with van der Waals surface area (Å²) in [5, 5.41) is 0. The first kappa shape index (κ1) is 17.8. The summed E-state index contributed by atoms with van der Waals surface area (Å²) in [6, 6.07) is 8.45. The lowest BCUT2D eigenvalue weighted by Crippen LogP contribution is -2.39. The first-order valence-electron chi connectivity index (χ1n) is 8.65. The summed E-state index contributed by atoms with van der Waals surface area (Å²) in [4.78, 5) is 11.3. The molecule has 0 amide bonds. The van der Waals surface area contributed by atoms with Crippen LogP contribution in [0.15, 0.2) is 30.3 Å². The van der Waals surface area contributed by atoms with Gasteiger partial charge in [0.25, 0.3) is 0 Å². The lowest BCUT2D eigenvalue weighted by atomic mass is 10.2. The Labute approximate surface area is 147 Å². The molecular formula is C19H24FN3O2. The van der Waals surface area contributed by atoms with Crippen LogP contribution in [-0.2, 0) is 4.74 Å². The lowest BCUT2D eigenvalue weighted by molar-refractivity contribution is -0.0354. The zero-order valence-corrected chi connectivity index (χ0v) is 14.7. The van der Waals surface area contributed by atoms with E-state index in [1.807, 2.05) is 19.9 Å². The molecule has 1 saturated heterocycles. The number of ether oxygens (including phenoxy) is 2. The summed E-state index contributed by atoms with van der Waals surface area (Å²) in [5.74, 6) is 0.747. The van der Waals surface area contributed by atoms with Gasteiger partial charge in [-0.1, -0.05) is 12.1 Å². The van der Waals surface area contributed by atoms with Crippen LogP contribution in [0, 0.1) is 19.7 Å². The zero-order chi connectivity index (χ0) is 17.6. The molecular weight excluding hydrogens is 321 g/mol. The maximum atomic E-state index is 13.5. The first-order chi connectivity index (χ1) is 12.1. The van der Waals surface area contributed by atoms with E-state index in [1.165, 1.54) is 6.07 Å². The van der Waals surface area contributed by atoms with Crippen LogP contribution in [0.4, 0.5) is 4.39 Å². The molecule has 3 rings (SSSR count). The van der Waals surface area contributed by atoms with Crippen LogP contribution < -0.4 is 4.74 Å². The van der Waals surface area contributed by atoms with Gasteiger partial charge in [-0.05, 0) is 38.5 Å². The number of morpholine rings is 1. The Bertz CT molecular complexity index is 691. The molecule has 0 spiro atoms. The van der Waals surface area contributed by atoms with Crippen LogP contribution in [0.3, 0.4) is 0 Å². The van der Waals surface area contributed by atoms with E-state index in [9.17, 15) is 4.39 Å². The Morgan fingerprint density at radius 2 is 2.00 bits per heavy atom. The maximum absolute atomic E-state index is 13.5. The Morgan fingerprint density at radius 3 is 2.76 bits per heavy atom. The van der Waals surface area contributed by atoms with E-state index >= 15 is 0 Å². The van der Waals surface area contributed by atoms with E-state index in [0.29, 0.717) is 19.0 Å². The zero-order valence-electron chi connectivity index (χ0n) is 14.7. The van der Waals surface area contributed by atoms with Gasteiger partial charge >= 0.3 is 0 Å². The van der Waals surface area contributed by atoms with Crippen molar-refractivity contribution in [2.45, 2.75) is 26.4 Å². The molecule has 2 aromatic rings. The largest absolute Gasteiger partial charge is 0.490 e. The van der Waals surface area contributed by atoms with Crippen LogP contribution in [-0.4, -0.2) is 47.7 Å². The van der Waals surface area contributed by atoms with E-state index in [1.54, 1.807) is 18.2 Å². The van der Waals surface area contributed by atoms with E-state index < -0.39 is 0 Å². The molecule has 1 aliphatic rings. The number of hydrogen-bond acceptors (Lipinski definition) is 5. The molecule has 25 heavy (non-hydrogen) atoms. The number of halogens is 1. The third-order valence-corrected chi connectivity index (χ3v) is 4.15. The first-order valence-corrected chi connectivity index (χ1v) is 8.65. The van der Waals surface area contributed by atoms with Crippen molar-refractivity contribution >= 4 is 0 Å². The van der Waals surface area contributed by atoms with Gasteiger partial charge in [0.15, 0.2) is 17.4 Å². The molecule has 0 bridgehead atoms. The number of hydrogen-bond donors (Lipinski definition) is 0. The van der Waals surface area contributed by atoms with Crippen LogP contribution in [0.25, 0.3) is 0 Å². The molecule has 2 heterocycles. The second-order valence-corrected chi connectivity index (χ2v) is 6.30. The topological polar surface area (TPSA) is 47.5 Å². The second kappa shape index (κ2) is 8.36. The summed E-state index contributed by atoms with van der Waals surface area (Å²) in [5.41, 5.74) is 1.92. The van der Waals surface area contributed by atoms with Crippen LogP contribution >= 0.6 is 0 Å². The number of aryl methyl sites for hydroxylation is 2. The van der Waals surface area contributed by atoms with Gasteiger partial charge in [-0.2, -0.15) is 0 Å². The summed E-state index contributed by atoms with van der Waals surface area (Å²) >= 11 is 0. The molecule has 1 fully saturated rings. The summed E-state index contributed by atoms with van der Waals surface area (Å²) in [6.07, 6.45) is 0.731. The van der Waals surface area contributed by atoms with Gasteiger partial charge in [0.1, 0.15) is 6.10 Å². The molecule has 1 unspecified atom stereocenters. The molecule has 134 valence electrons. The monoisotopic (exact) mass is 345 g/mol. The van der Waals surface area contributed by atoms with Crippen LogP contribution in [0.1, 0.15) is 29.7 Å². The number of benzene rings is 1. The predicted molar refractivity (Wildman–Crippen MR) is 93.2 cm³/mol. The van der Waals surface area contributed by atoms with Crippen molar-refractivity contribution < 1.29 is 13.9 Å². The minimum atomic E-state index is -0.319. The van der Waals surface area contributed by atoms with Crippen LogP contribution in [0.5, 0.6) is 5.75 Å². The molecule has 1 aromatic heterocycles. The molecule has 1 aliphatic heterocycles. The number of nitrogens with zero attached hydrogens (tertiary/aromatic N) is 3. The van der Waals surface area contributed by atoms with Gasteiger partial charge in [0, 0.05) is 31.0 Å². The summed E-state index contributed by atoms with van der Waals surface area (Å²) in [6.45, 7) is 7.61. The van der Waals surface area contributed by atoms with Gasteiger partial charge in [-0.3, -0.25) is 4.90 Å². The van der Waals surface area contributed by atoms with Gasteiger partial charge in [0.05, 0.1) is 13.2 Å². The predicted octanol–water partition coefficient (Wildman–Crippen LogP) is 3.07. The normalized spacial score (nSPS) is 18.3. The van der Waals surface area contributed by atoms with Crippen molar-refractivity contribution in [2.24, 2.45) is 0 Å². The minimum Gasteiger partial charge on any atom is -0.490 e. The Balaban J connectivity index is 1.48. The van der Waals surface area contributed by atoms with Gasteiger partial charge in [0.2, 0.25) is 0 Å². The maximum Gasteiger partial charge on any atom is 0.165 e.